The average Bonchev–Trinajstić information content (AvgIpc) is 2.13. The summed E-state index contributed by atoms with van der Waals surface area (Å²) in [6, 6.07) is 0. The van der Waals surface area contributed by atoms with E-state index < -0.39 is 38.1 Å². The van der Waals surface area contributed by atoms with Crippen molar-refractivity contribution < 1.29 is 26.9 Å². The van der Waals surface area contributed by atoms with Gasteiger partial charge in [-0.15, -0.1) is 0 Å². The molecule has 1 saturated heterocycles. The average molecular weight is 264 g/mol. The first kappa shape index (κ1) is 15.9. The van der Waals surface area contributed by atoms with Gasteiger partial charge in [0.25, 0.3) is 0 Å². The molecule has 18 heavy (non-hydrogen) atoms. The first-order chi connectivity index (χ1) is 7.82. The molecule has 102 valence electrons. The van der Waals surface area contributed by atoms with E-state index in [1.54, 1.807) is 0 Å². The summed E-state index contributed by atoms with van der Waals surface area (Å²) in [6.45, 7) is 7.30. The Morgan fingerprint density at radius 3 is 0.833 bits per heavy atom. The molecule has 0 spiro atoms. The highest BCUT2D eigenvalue weighted by Gasteiger charge is 2.58. The van der Waals surface area contributed by atoms with Crippen LogP contribution in [0.3, 0.4) is 0 Å². The third kappa shape index (κ3) is 3.93. The summed E-state index contributed by atoms with van der Waals surface area (Å²) in [5.41, 5.74) is -5.68. The number of rotatable bonds is 3. The molecule has 3 nitrogen and oxygen atoms in total. The SMILES string of the molecule is CC(C)(F)B1OB(C(C)(C)F)OB(C(C)(C)F)O1. The standard InChI is InChI=1S/C9H18B3F3O3/c1-7(2,13)10-16-11(8(3,4)14)18-12(17-10)9(5,6)15/h1-6H3. The van der Waals surface area contributed by atoms with Gasteiger partial charge < -0.3 is 13.7 Å². The molecule has 0 unspecified atom stereocenters. The minimum Gasteiger partial charge on any atom is -0.448 e. The summed E-state index contributed by atoms with van der Waals surface area (Å²) in [5.74, 6) is 0. The molecule has 9 heteroatoms. The van der Waals surface area contributed by atoms with Crippen LogP contribution in [-0.4, -0.2) is 38.1 Å². The van der Waals surface area contributed by atoms with Crippen molar-refractivity contribution in [2.75, 3.05) is 0 Å². The minimum atomic E-state index is -1.89. The van der Waals surface area contributed by atoms with E-state index in [1.807, 2.05) is 0 Å². The molecule has 0 saturated carbocycles. The third-order valence-electron chi connectivity index (χ3n) is 2.42. The predicted molar refractivity (Wildman–Crippen MR) is 66.1 cm³/mol. The monoisotopic (exact) mass is 264 g/mol. The van der Waals surface area contributed by atoms with Gasteiger partial charge in [-0.2, -0.15) is 0 Å². The van der Waals surface area contributed by atoms with Crippen LogP contribution in [0.4, 0.5) is 13.2 Å². The Morgan fingerprint density at radius 1 is 0.556 bits per heavy atom. The lowest BCUT2D eigenvalue weighted by molar-refractivity contribution is 0.138. The Bertz CT molecular complexity index is 245. The van der Waals surface area contributed by atoms with E-state index in [4.69, 9.17) is 13.7 Å². The van der Waals surface area contributed by atoms with Crippen molar-refractivity contribution in [1.82, 2.24) is 0 Å². The Morgan fingerprint density at radius 2 is 0.722 bits per heavy atom. The first-order valence-corrected chi connectivity index (χ1v) is 5.85. The highest BCUT2D eigenvalue weighted by atomic mass is 19.2. The number of hydrogen-bond donors (Lipinski definition) is 0. The quantitative estimate of drug-likeness (QED) is 0.732. The predicted octanol–water partition coefficient (Wildman–Crippen LogP) is 2.38. The fourth-order valence-electron chi connectivity index (χ4n) is 1.40. The van der Waals surface area contributed by atoms with Crippen LogP contribution < -0.4 is 0 Å². The molecule has 0 aromatic rings. The topological polar surface area (TPSA) is 27.7 Å². The van der Waals surface area contributed by atoms with Crippen LogP contribution in [0.5, 0.6) is 0 Å². The van der Waals surface area contributed by atoms with Gasteiger partial charge in [-0.25, -0.2) is 13.2 Å². The zero-order valence-electron chi connectivity index (χ0n) is 11.6. The first-order valence-electron chi connectivity index (χ1n) is 5.85. The fraction of sp³-hybridized carbons (Fsp3) is 1.00. The van der Waals surface area contributed by atoms with Crippen molar-refractivity contribution in [2.45, 2.75) is 58.2 Å². The van der Waals surface area contributed by atoms with E-state index in [2.05, 4.69) is 0 Å². The maximum Gasteiger partial charge on any atom is 0.469 e. The molecule has 0 radical (unpaired) electrons. The molecule has 0 atom stereocenters. The molecule has 1 rings (SSSR count). The van der Waals surface area contributed by atoms with Crippen LogP contribution in [0.25, 0.3) is 0 Å². The molecule has 0 bridgehead atoms. The maximum absolute atomic E-state index is 13.8. The molecular weight excluding hydrogens is 246 g/mol. The summed E-state index contributed by atoms with van der Waals surface area (Å²) in [4.78, 5) is 0. The molecule has 0 N–H and O–H groups in total. The fourth-order valence-corrected chi connectivity index (χ4v) is 1.40. The van der Waals surface area contributed by atoms with Crippen LogP contribution in [-0.2, 0) is 13.7 Å². The van der Waals surface area contributed by atoms with Crippen LogP contribution in [0.1, 0.15) is 41.5 Å². The van der Waals surface area contributed by atoms with E-state index in [0.29, 0.717) is 0 Å². The van der Waals surface area contributed by atoms with Gasteiger partial charge in [-0.05, 0) is 41.5 Å². The van der Waals surface area contributed by atoms with E-state index in [0.717, 1.165) is 0 Å². The Labute approximate surface area is 107 Å². The van der Waals surface area contributed by atoms with Crippen molar-refractivity contribution in [3.63, 3.8) is 0 Å². The van der Waals surface area contributed by atoms with Crippen molar-refractivity contribution in [3.8, 4) is 0 Å². The number of hydrogen-bond acceptors (Lipinski definition) is 3. The summed E-state index contributed by atoms with van der Waals surface area (Å²) in [7, 11) is -4.15. The minimum absolute atomic E-state index is 1.22. The summed E-state index contributed by atoms with van der Waals surface area (Å²) < 4.78 is 56.8. The molecule has 0 amide bonds. The molecule has 1 aliphatic heterocycles. The molecule has 1 aliphatic rings. The molecule has 0 aromatic heterocycles. The second kappa shape index (κ2) is 4.76. The van der Waals surface area contributed by atoms with Gasteiger partial charge in [0.05, 0.1) is 0 Å². The Balaban J connectivity index is 2.93. The summed E-state index contributed by atoms with van der Waals surface area (Å²) in [5, 5.41) is 0. The van der Waals surface area contributed by atoms with Crippen molar-refractivity contribution in [3.05, 3.63) is 0 Å². The Hall–Kier alpha value is -0.135. The second-order valence-electron chi connectivity index (χ2n) is 6.10. The number of alkyl halides is 3. The van der Waals surface area contributed by atoms with Gasteiger partial charge in [0.15, 0.2) is 0 Å². The van der Waals surface area contributed by atoms with E-state index in [1.165, 1.54) is 41.5 Å². The molecule has 0 aromatic carbocycles. The van der Waals surface area contributed by atoms with Gasteiger partial charge in [-0.3, -0.25) is 0 Å². The summed E-state index contributed by atoms with van der Waals surface area (Å²) >= 11 is 0. The zero-order chi connectivity index (χ0) is 14.4. The highest BCUT2D eigenvalue weighted by Crippen LogP contribution is 2.30. The van der Waals surface area contributed by atoms with Crippen molar-refractivity contribution in [1.29, 1.82) is 0 Å². The third-order valence-corrected chi connectivity index (χ3v) is 2.42. The van der Waals surface area contributed by atoms with Gasteiger partial charge in [0.1, 0.15) is 16.7 Å². The molecular formula is C9H18B3F3O3. The summed E-state index contributed by atoms with van der Waals surface area (Å²) in [6.07, 6.45) is 0. The van der Waals surface area contributed by atoms with Crippen molar-refractivity contribution in [2.24, 2.45) is 0 Å². The van der Waals surface area contributed by atoms with E-state index in [9.17, 15) is 13.2 Å². The second-order valence-corrected chi connectivity index (χ2v) is 6.10. The van der Waals surface area contributed by atoms with Gasteiger partial charge in [-0.1, -0.05) is 0 Å². The maximum atomic E-state index is 13.8. The van der Waals surface area contributed by atoms with Crippen LogP contribution in [0.15, 0.2) is 0 Å². The molecule has 0 aliphatic carbocycles. The van der Waals surface area contributed by atoms with Gasteiger partial charge >= 0.3 is 21.4 Å². The van der Waals surface area contributed by atoms with Gasteiger partial charge in [0, 0.05) is 0 Å². The zero-order valence-corrected chi connectivity index (χ0v) is 11.6. The largest absolute Gasteiger partial charge is 0.469 e. The van der Waals surface area contributed by atoms with Crippen LogP contribution in [0.2, 0.25) is 0 Å². The van der Waals surface area contributed by atoms with Crippen molar-refractivity contribution >= 4 is 21.4 Å². The van der Waals surface area contributed by atoms with Crippen LogP contribution in [0, 0.1) is 0 Å². The normalized spacial score (nSPS) is 19.5. The smallest absolute Gasteiger partial charge is 0.448 e. The Kier molecular flexibility index (Phi) is 4.21. The molecule has 1 heterocycles. The lowest BCUT2D eigenvalue weighted by atomic mass is 9.55. The lowest BCUT2D eigenvalue weighted by Crippen LogP contribution is -2.65. The molecule has 1 fully saturated rings. The highest BCUT2D eigenvalue weighted by molar-refractivity contribution is 6.76. The van der Waals surface area contributed by atoms with Crippen LogP contribution >= 0.6 is 0 Å². The number of halogens is 3. The van der Waals surface area contributed by atoms with E-state index >= 15 is 0 Å². The van der Waals surface area contributed by atoms with Gasteiger partial charge in [0.2, 0.25) is 0 Å². The lowest BCUT2D eigenvalue weighted by Gasteiger charge is -2.40. The van der Waals surface area contributed by atoms with E-state index in [-0.39, 0.29) is 0 Å².